The van der Waals surface area contributed by atoms with Crippen LogP contribution < -0.4 is 15.0 Å². The molecule has 1 saturated heterocycles. The molecule has 4 aromatic rings. The number of carbonyl (C=O) groups excluding carboxylic acids is 2. The Kier molecular flexibility index (Phi) is 5.03. The largest absolute Gasteiger partial charge is 0.495 e. The molecule has 8 heteroatoms. The highest BCUT2D eigenvalue weighted by molar-refractivity contribution is 6.04. The van der Waals surface area contributed by atoms with Crippen LogP contribution in [-0.2, 0) is 9.59 Å². The summed E-state index contributed by atoms with van der Waals surface area (Å²) in [5, 5.41) is 2.95. The second-order valence-corrected chi connectivity index (χ2v) is 7.60. The summed E-state index contributed by atoms with van der Waals surface area (Å²) in [7, 11) is 1.55. The molecule has 0 radical (unpaired) electrons. The molecule has 1 aliphatic heterocycles. The predicted molar refractivity (Wildman–Crippen MR) is 121 cm³/mol. The van der Waals surface area contributed by atoms with Crippen molar-refractivity contribution in [1.82, 2.24) is 14.4 Å². The Balaban J connectivity index is 1.38. The standard InChI is InChI=1S/C24H21N5O3/c1-32-21-9-8-16(20-15-28-11-5-10-25-24(28)27-20)12-19(21)26-23(31)17-13-22(30)29(14-17)18-6-3-2-4-7-18/h2-12,15,17H,13-14H2,1H3,(H,26,31)/t17-/m0/s1. The molecule has 3 heterocycles. The lowest BCUT2D eigenvalue weighted by Crippen LogP contribution is -2.28. The van der Waals surface area contributed by atoms with Crippen molar-refractivity contribution in [3.63, 3.8) is 0 Å². The van der Waals surface area contributed by atoms with Gasteiger partial charge in [-0.1, -0.05) is 18.2 Å². The highest BCUT2D eigenvalue weighted by atomic mass is 16.5. The molecular formula is C24H21N5O3. The van der Waals surface area contributed by atoms with E-state index in [9.17, 15) is 9.59 Å². The molecule has 1 aliphatic rings. The fourth-order valence-corrected chi connectivity index (χ4v) is 3.91. The van der Waals surface area contributed by atoms with Gasteiger partial charge in [0.05, 0.1) is 24.4 Å². The van der Waals surface area contributed by atoms with Gasteiger partial charge in [-0.05, 0) is 36.4 Å². The van der Waals surface area contributed by atoms with Crippen molar-refractivity contribution in [2.75, 3.05) is 23.9 Å². The number of carbonyl (C=O) groups is 2. The molecule has 0 aliphatic carbocycles. The van der Waals surface area contributed by atoms with Crippen LogP contribution in [0.25, 0.3) is 17.0 Å². The first-order valence-corrected chi connectivity index (χ1v) is 10.3. The zero-order chi connectivity index (χ0) is 22.1. The van der Waals surface area contributed by atoms with E-state index in [2.05, 4.69) is 15.3 Å². The maximum atomic E-state index is 13.0. The molecular weight excluding hydrogens is 406 g/mol. The summed E-state index contributed by atoms with van der Waals surface area (Å²) in [4.78, 5) is 35.9. The van der Waals surface area contributed by atoms with Gasteiger partial charge in [0.25, 0.3) is 0 Å². The van der Waals surface area contributed by atoms with Crippen LogP contribution >= 0.6 is 0 Å². The van der Waals surface area contributed by atoms with Crippen LogP contribution in [0.5, 0.6) is 5.75 Å². The number of para-hydroxylation sites is 1. The molecule has 8 nitrogen and oxygen atoms in total. The molecule has 32 heavy (non-hydrogen) atoms. The van der Waals surface area contributed by atoms with Gasteiger partial charge in [0, 0.05) is 42.8 Å². The minimum atomic E-state index is -0.449. The van der Waals surface area contributed by atoms with Crippen LogP contribution in [0.3, 0.4) is 0 Å². The number of ether oxygens (including phenoxy) is 1. The lowest BCUT2D eigenvalue weighted by Gasteiger charge is -2.17. The molecule has 0 unspecified atom stereocenters. The number of fused-ring (bicyclic) bond motifs is 1. The number of nitrogens with zero attached hydrogens (tertiary/aromatic N) is 4. The molecule has 0 saturated carbocycles. The number of amides is 2. The van der Waals surface area contributed by atoms with Gasteiger partial charge in [-0.2, -0.15) is 0 Å². The summed E-state index contributed by atoms with van der Waals surface area (Å²) in [5.74, 6) is 0.399. The van der Waals surface area contributed by atoms with Crippen LogP contribution in [0.4, 0.5) is 11.4 Å². The Bertz CT molecular complexity index is 1270. The topological polar surface area (TPSA) is 88.8 Å². The van der Waals surface area contributed by atoms with Crippen molar-refractivity contribution >= 4 is 29.0 Å². The summed E-state index contributed by atoms with van der Waals surface area (Å²) in [6.07, 6.45) is 5.61. The third kappa shape index (κ3) is 3.66. The van der Waals surface area contributed by atoms with Crippen LogP contribution in [0.2, 0.25) is 0 Å². The molecule has 0 bridgehead atoms. The monoisotopic (exact) mass is 427 g/mol. The molecule has 1 atom stereocenters. The first kappa shape index (κ1) is 19.7. The zero-order valence-electron chi connectivity index (χ0n) is 17.4. The number of aromatic nitrogens is 3. The van der Waals surface area contributed by atoms with Crippen LogP contribution in [0, 0.1) is 5.92 Å². The molecule has 2 aromatic heterocycles. The van der Waals surface area contributed by atoms with Gasteiger partial charge >= 0.3 is 0 Å². The molecule has 0 spiro atoms. The summed E-state index contributed by atoms with van der Waals surface area (Å²) in [6, 6.07) is 16.7. The van der Waals surface area contributed by atoms with Crippen molar-refractivity contribution in [3.8, 4) is 17.0 Å². The molecule has 2 amide bonds. The van der Waals surface area contributed by atoms with Gasteiger partial charge in [-0.15, -0.1) is 0 Å². The SMILES string of the molecule is COc1ccc(-c2cn3cccnc3n2)cc1NC(=O)[C@H]1CC(=O)N(c2ccccc2)C1. The smallest absolute Gasteiger partial charge is 0.234 e. The second-order valence-electron chi connectivity index (χ2n) is 7.60. The number of hydrogen-bond donors (Lipinski definition) is 1. The van der Waals surface area contributed by atoms with E-state index in [0.29, 0.717) is 23.8 Å². The number of benzene rings is 2. The maximum absolute atomic E-state index is 13.0. The van der Waals surface area contributed by atoms with Gasteiger partial charge in [-0.3, -0.25) is 14.0 Å². The fourth-order valence-electron chi connectivity index (χ4n) is 3.91. The van der Waals surface area contributed by atoms with Gasteiger partial charge in [-0.25, -0.2) is 9.97 Å². The summed E-state index contributed by atoms with van der Waals surface area (Å²) < 4.78 is 7.27. The summed E-state index contributed by atoms with van der Waals surface area (Å²) in [5.41, 5.74) is 2.88. The van der Waals surface area contributed by atoms with E-state index in [1.807, 2.05) is 65.3 Å². The normalized spacial score (nSPS) is 15.8. The minimum absolute atomic E-state index is 0.0609. The van der Waals surface area contributed by atoms with Crippen molar-refractivity contribution in [1.29, 1.82) is 0 Å². The quantitative estimate of drug-likeness (QED) is 0.527. The zero-order valence-corrected chi connectivity index (χ0v) is 17.4. The van der Waals surface area contributed by atoms with Crippen molar-refractivity contribution in [3.05, 3.63) is 73.2 Å². The fraction of sp³-hybridized carbons (Fsp3) is 0.167. The van der Waals surface area contributed by atoms with E-state index in [4.69, 9.17) is 4.74 Å². The van der Waals surface area contributed by atoms with E-state index in [1.165, 1.54) is 0 Å². The average Bonchev–Trinajstić information content (AvgIpc) is 3.43. The van der Waals surface area contributed by atoms with Gasteiger partial charge < -0.3 is 15.0 Å². The number of methoxy groups -OCH3 is 1. The number of anilines is 2. The van der Waals surface area contributed by atoms with Crippen LogP contribution in [0.15, 0.2) is 73.2 Å². The Morgan fingerprint density at radius 1 is 1.16 bits per heavy atom. The van der Waals surface area contributed by atoms with Crippen molar-refractivity contribution in [2.24, 2.45) is 5.92 Å². The van der Waals surface area contributed by atoms with Crippen LogP contribution in [-0.4, -0.2) is 39.8 Å². The third-order valence-electron chi connectivity index (χ3n) is 5.55. The Morgan fingerprint density at radius 3 is 2.78 bits per heavy atom. The number of nitrogens with one attached hydrogen (secondary N) is 1. The summed E-state index contributed by atoms with van der Waals surface area (Å²) >= 11 is 0. The van der Waals surface area contributed by atoms with Crippen molar-refractivity contribution < 1.29 is 14.3 Å². The second kappa shape index (κ2) is 8.14. The average molecular weight is 427 g/mol. The number of imidazole rings is 1. The molecule has 1 fully saturated rings. The number of hydrogen-bond acceptors (Lipinski definition) is 5. The molecule has 160 valence electrons. The highest BCUT2D eigenvalue weighted by Gasteiger charge is 2.35. The van der Waals surface area contributed by atoms with E-state index < -0.39 is 5.92 Å². The molecule has 5 rings (SSSR count). The van der Waals surface area contributed by atoms with E-state index in [1.54, 1.807) is 24.3 Å². The third-order valence-corrected chi connectivity index (χ3v) is 5.55. The minimum Gasteiger partial charge on any atom is -0.495 e. The van der Waals surface area contributed by atoms with Gasteiger partial charge in [0.2, 0.25) is 17.6 Å². The van der Waals surface area contributed by atoms with Gasteiger partial charge in [0.1, 0.15) is 5.75 Å². The maximum Gasteiger partial charge on any atom is 0.234 e. The molecule has 2 aromatic carbocycles. The predicted octanol–water partition coefficient (Wildman–Crippen LogP) is 3.40. The number of rotatable bonds is 5. The first-order valence-electron chi connectivity index (χ1n) is 10.3. The van der Waals surface area contributed by atoms with Crippen molar-refractivity contribution in [2.45, 2.75) is 6.42 Å². The Hall–Kier alpha value is -4.20. The van der Waals surface area contributed by atoms with E-state index in [-0.39, 0.29) is 18.2 Å². The van der Waals surface area contributed by atoms with Gasteiger partial charge in [0.15, 0.2) is 0 Å². The first-order chi connectivity index (χ1) is 15.6. The Morgan fingerprint density at radius 2 is 2.00 bits per heavy atom. The highest BCUT2D eigenvalue weighted by Crippen LogP contribution is 2.32. The van der Waals surface area contributed by atoms with Crippen LogP contribution in [0.1, 0.15) is 6.42 Å². The van der Waals surface area contributed by atoms with E-state index in [0.717, 1.165) is 16.9 Å². The Labute approximate surface area is 184 Å². The van der Waals surface area contributed by atoms with E-state index >= 15 is 0 Å². The summed E-state index contributed by atoms with van der Waals surface area (Å²) in [6.45, 7) is 0.342. The lowest BCUT2D eigenvalue weighted by atomic mass is 10.1. The molecule has 1 N–H and O–H groups in total. The lowest BCUT2D eigenvalue weighted by molar-refractivity contribution is -0.122.